The van der Waals surface area contributed by atoms with E-state index in [4.69, 9.17) is 0 Å². The maximum Gasteiger partial charge on any atom is 0.228 e. The van der Waals surface area contributed by atoms with E-state index in [9.17, 15) is 8.92 Å². The Bertz CT molecular complexity index is 210. The van der Waals surface area contributed by atoms with Crippen molar-refractivity contribution in [3.63, 3.8) is 0 Å². The lowest BCUT2D eigenvalue weighted by Crippen LogP contribution is -1.88. The van der Waals surface area contributed by atoms with Crippen molar-refractivity contribution >= 4 is 0 Å². The van der Waals surface area contributed by atoms with E-state index in [1.54, 1.807) is 0 Å². The lowest BCUT2D eigenvalue weighted by molar-refractivity contribution is -0.00628. The quantitative estimate of drug-likeness (QED) is 0.675. The van der Waals surface area contributed by atoms with Crippen molar-refractivity contribution in [1.29, 1.82) is 0 Å². The van der Waals surface area contributed by atoms with E-state index in [2.05, 4.69) is 9.68 Å². The molecule has 1 aromatic rings. The first-order valence-electron chi connectivity index (χ1n) is 2.94. The highest BCUT2D eigenvalue weighted by Crippen LogP contribution is 2.17. The molecule has 11 heavy (non-hydrogen) atoms. The van der Waals surface area contributed by atoms with Crippen LogP contribution in [0, 0.1) is 0 Å². The third kappa shape index (κ3) is 2.07. The summed E-state index contributed by atoms with van der Waals surface area (Å²) in [6.07, 6.45) is 0. The van der Waals surface area contributed by atoms with Gasteiger partial charge in [-0.2, -0.15) is 0 Å². The summed E-state index contributed by atoms with van der Waals surface area (Å²) in [5.74, 6) is 0.407. The lowest BCUT2D eigenvalue weighted by atomic mass is 10.3. The minimum absolute atomic E-state index is 0.0659. The standard InChI is InChI=1S/C7H6F2O2/c8-5-10-6-1-3-7(11-9)4-2-6/h1-4H,5H2. The molecular formula is C7H6F2O2. The third-order valence-electron chi connectivity index (χ3n) is 1.13. The van der Waals surface area contributed by atoms with Gasteiger partial charge in [-0.05, 0) is 24.3 Å². The smallest absolute Gasteiger partial charge is 0.228 e. The van der Waals surface area contributed by atoms with E-state index in [0.29, 0.717) is 5.75 Å². The maximum absolute atomic E-state index is 11.5. The topological polar surface area (TPSA) is 18.5 Å². The molecular weight excluding hydrogens is 154 g/mol. The molecule has 2 nitrogen and oxygen atoms in total. The Balaban J connectivity index is 2.66. The van der Waals surface area contributed by atoms with Crippen LogP contribution in [0.25, 0.3) is 0 Å². The molecule has 0 heterocycles. The molecule has 0 saturated carbocycles. The molecule has 0 amide bonds. The van der Waals surface area contributed by atoms with E-state index >= 15 is 0 Å². The highest BCUT2D eigenvalue weighted by Gasteiger charge is 1.94. The predicted molar refractivity (Wildman–Crippen MR) is 34.8 cm³/mol. The van der Waals surface area contributed by atoms with Gasteiger partial charge in [0.25, 0.3) is 0 Å². The summed E-state index contributed by atoms with van der Waals surface area (Å²) in [7, 11) is 0. The van der Waals surface area contributed by atoms with Gasteiger partial charge in [0.1, 0.15) is 5.75 Å². The van der Waals surface area contributed by atoms with Crippen LogP contribution < -0.4 is 9.68 Å². The van der Waals surface area contributed by atoms with Crippen molar-refractivity contribution in [3.05, 3.63) is 24.3 Å². The van der Waals surface area contributed by atoms with Crippen molar-refractivity contribution in [3.8, 4) is 11.5 Å². The molecule has 0 fully saturated rings. The maximum atomic E-state index is 11.5. The summed E-state index contributed by atoms with van der Waals surface area (Å²) in [6.45, 7) is -0.893. The van der Waals surface area contributed by atoms with Gasteiger partial charge in [-0.3, -0.25) is 4.94 Å². The molecule has 0 aliphatic rings. The Morgan fingerprint density at radius 3 is 2.09 bits per heavy atom. The summed E-state index contributed by atoms with van der Waals surface area (Å²) in [5.41, 5.74) is 0. The Morgan fingerprint density at radius 1 is 1.09 bits per heavy atom. The first-order valence-corrected chi connectivity index (χ1v) is 2.94. The van der Waals surface area contributed by atoms with E-state index in [0.717, 1.165) is 0 Å². The molecule has 0 saturated heterocycles. The van der Waals surface area contributed by atoms with E-state index in [-0.39, 0.29) is 5.75 Å². The zero-order valence-corrected chi connectivity index (χ0v) is 5.59. The van der Waals surface area contributed by atoms with Gasteiger partial charge in [0.05, 0.1) is 0 Å². The Hall–Kier alpha value is -1.32. The molecule has 0 aromatic heterocycles. The number of ether oxygens (including phenoxy) is 1. The first kappa shape index (κ1) is 7.78. The van der Waals surface area contributed by atoms with Gasteiger partial charge in [-0.1, -0.05) is 0 Å². The van der Waals surface area contributed by atoms with E-state index in [1.807, 2.05) is 0 Å². The second-order valence-corrected chi connectivity index (χ2v) is 1.80. The van der Waals surface area contributed by atoms with Crippen molar-refractivity contribution in [2.45, 2.75) is 0 Å². The monoisotopic (exact) mass is 160 g/mol. The molecule has 1 rings (SSSR count). The number of hydrogen-bond donors (Lipinski definition) is 0. The average molecular weight is 160 g/mol. The molecule has 0 spiro atoms. The zero-order valence-electron chi connectivity index (χ0n) is 5.59. The van der Waals surface area contributed by atoms with Gasteiger partial charge >= 0.3 is 0 Å². The normalized spacial score (nSPS) is 9.27. The average Bonchev–Trinajstić information content (AvgIpc) is 2.07. The summed E-state index contributed by atoms with van der Waals surface area (Å²) < 4.78 is 27.4. The summed E-state index contributed by atoms with van der Waals surface area (Å²) in [6, 6.07) is 5.50. The fourth-order valence-corrected chi connectivity index (χ4v) is 0.650. The molecule has 0 radical (unpaired) electrons. The van der Waals surface area contributed by atoms with Crippen molar-refractivity contribution in [2.24, 2.45) is 0 Å². The van der Waals surface area contributed by atoms with Crippen LogP contribution in [0.4, 0.5) is 8.92 Å². The van der Waals surface area contributed by atoms with Gasteiger partial charge < -0.3 is 4.74 Å². The van der Waals surface area contributed by atoms with Gasteiger partial charge in [0.2, 0.25) is 6.86 Å². The van der Waals surface area contributed by atoms with Crippen molar-refractivity contribution in [1.82, 2.24) is 0 Å². The van der Waals surface area contributed by atoms with Crippen LogP contribution in [0.5, 0.6) is 11.5 Å². The van der Waals surface area contributed by atoms with Crippen LogP contribution in [0.1, 0.15) is 0 Å². The molecule has 0 aliphatic carbocycles. The second kappa shape index (κ2) is 3.75. The Morgan fingerprint density at radius 2 is 1.64 bits per heavy atom. The highest BCUT2D eigenvalue weighted by atomic mass is 19.3. The van der Waals surface area contributed by atoms with Crippen LogP contribution in [0.15, 0.2) is 24.3 Å². The first-order chi connectivity index (χ1) is 5.36. The minimum Gasteiger partial charge on any atom is -0.463 e. The van der Waals surface area contributed by atoms with Crippen molar-refractivity contribution in [2.75, 3.05) is 6.86 Å². The number of rotatable bonds is 3. The number of alkyl halides is 1. The molecule has 4 heteroatoms. The Kier molecular flexibility index (Phi) is 2.66. The van der Waals surface area contributed by atoms with Crippen LogP contribution >= 0.6 is 0 Å². The largest absolute Gasteiger partial charge is 0.463 e. The van der Waals surface area contributed by atoms with Crippen LogP contribution in [-0.4, -0.2) is 6.86 Å². The van der Waals surface area contributed by atoms with Crippen LogP contribution in [0.3, 0.4) is 0 Å². The molecule has 0 unspecified atom stereocenters. The van der Waals surface area contributed by atoms with E-state index < -0.39 is 6.86 Å². The van der Waals surface area contributed by atoms with Crippen LogP contribution in [0.2, 0.25) is 0 Å². The fourth-order valence-electron chi connectivity index (χ4n) is 0.650. The number of benzene rings is 1. The number of halogens is 2. The van der Waals surface area contributed by atoms with Crippen LogP contribution in [-0.2, 0) is 0 Å². The minimum atomic E-state index is -0.893. The second-order valence-electron chi connectivity index (χ2n) is 1.80. The molecule has 0 atom stereocenters. The molecule has 0 aliphatic heterocycles. The van der Waals surface area contributed by atoms with Gasteiger partial charge in [-0.25, -0.2) is 4.39 Å². The van der Waals surface area contributed by atoms with Crippen molar-refractivity contribution < 1.29 is 18.6 Å². The Labute approximate surface area is 62.3 Å². The lowest BCUT2D eigenvalue weighted by Gasteiger charge is -1.99. The molecule has 60 valence electrons. The summed E-state index contributed by atoms with van der Waals surface area (Å²) in [5, 5.41) is 0. The van der Waals surface area contributed by atoms with Gasteiger partial charge in [0.15, 0.2) is 5.75 Å². The third-order valence-corrected chi connectivity index (χ3v) is 1.13. The molecule has 1 aromatic carbocycles. The summed E-state index contributed by atoms with van der Waals surface area (Å²) in [4.78, 5) is 3.40. The predicted octanol–water partition coefficient (Wildman–Crippen LogP) is 2.26. The number of hydrogen-bond acceptors (Lipinski definition) is 2. The van der Waals surface area contributed by atoms with Gasteiger partial charge in [0, 0.05) is 4.53 Å². The molecule has 0 bridgehead atoms. The SMILES string of the molecule is FCOc1ccc(OF)cc1. The zero-order chi connectivity index (χ0) is 8.10. The summed E-state index contributed by atoms with van der Waals surface area (Å²) >= 11 is 0. The van der Waals surface area contributed by atoms with Gasteiger partial charge in [-0.15, -0.1) is 0 Å². The fraction of sp³-hybridized carbons (Fsp3) is 0.143. The highest BCUT2D eigenvalue weighted by molar-refractivity contribution is 5.30. The van der Waals surface area contributed by atoms with E-state index in [1.165, 1.54) is 24.3 Å². The molecule has 0 N–H and O–H groups in total.